The van der Waals surface area contributed by atoms with Crippen molar-refractivity contribution in [2.45, 2.75) is 49.9 Å². The van der Waals surface area contributed by atoms with Gasteiger partial charge >= 0.3 is 23.9 Å². The van der Waals surface area contributed by atoms with Crippen molar-refractivity contribution in [2.75, 3.05) is 11.5 Å². The van der Waals surface area contributed by atoms with Crippen molar-refractivity contribution >= 4 is 57.3 Å². The molecule has 4 atom stereocenters. The average molecular weight is 499 g/mol. The Balaban J connectivity index is 4.53. The molecule has 0 radical (unpaired) electrons. The third-order valence-corrected chi connectivity index (χ3v) is 6.26. The summed E-state index contributed by atoms with van der Waals surface area (Å²) in [5.41, 5.74) is 10.6. The summed E-state index contributed by atoms with van der Waals surface area (Å²) in [5, 5.41) is 40.1. The van der Waals surface area contributed by atoms with E-state index in [0.29, 0.717) is 0 Å². The van der Waals surface area contributed by atoms with Crippen LogP contribution in [-0.2, 0) is 28.8 Å². The van der Waals surface area contributed by atoms with Crippen molar-refractivity contribution < 1.29 is 49.2 Å². The SMILES string of the molecule is NC(CSSC[C@H](NC(=O)CC[C@H](NC(=O)CC[C@H](N)C(=O)O)C(=O)O)C(=O)O)C(=O)O. The molecular formula is C16H26N4O10S2. The Kier molecular flexibility index (Phi) is 14.1. The standard InChI is InChI=1S/C16H26N4O10S2/c17-7(13(23)24)1-3-11(21)19-9(15(27)28)2-4-12(22)20-10(16(29)30)6-32-31-5-8(18)14(25)26/h7-10H,1-6,17-18H2,(H,19,21)(H,20,22)(H,23,24)(H,25,26)(H,27,28)(H,29,30)/t7-,8?,9-,10-/m0/s1. The fourth-order valence-electron chi connectivity index (χ4n) is 1.96. The van der Waals surface area contributed by atoms with Gasteiger partial charge in [0.1, 0.15) is 24.2 Å². The van der Waals surface area contributed by atoms with E-state index in [9.17, 15) is 39.0 Å². The van der Waals surface area contributed by atoms with Crippen LogP contribution in [0.4, 0.5) is 0 Å². The highest BCUT2D eigenvalue weighted by molar-refractivity contribution is 8.76. The van der Waals surface area contributed by atoms with E-state index in [1.54, 1.807) is 0 Å². The highest BCUT2D eigenvalue weighted by atomic mass is 33.1. The molecule has 0 aliphatic heterocycles. The minimum absolute atomic E-state index is 0.0254. The minimum Gasteiger partial charge on any atom is -0.480 e. The molecule has 0 saturated carbocycles. The topological polar surface area (TPSA) is 259 Å². The monoisotopic (exact) mass is 498 g/mol. The van der Waals surface area contributed by atoms with Gasteiger partial charge in [-0.05, 0) is 12.8 Å². The second kappa shape index (κ2) is 15.3. The highest BCUT2D eigenvalue weighted by Gasteiger charge is 2.25. The van der Waals surface area contributed by atoms with Gasteiger partial charge in [0, 0.05) is 24.3 Å². The number of nitrogens with two attached hydrogens (primary N) is 2. The van der Waals surface area contributed by atoms with E-state index in [2.05, 4.69) is 10.6 Å². The zero-order valence-corrected chi connectivity index (χ0v) is 18.4. The molecule has 32 heavy (non-hydrogen) atoms. The number of rotatable bonds is 17. The van der Waals surface area contributed by atoms with E-state index in [0.717, 1.165) is 21.6 Å². The molecule has 10 N–H and O–H groups in total. The summed E-state index contributed by atoms with van der Waals surface area (Å²) in [7, 11) is 2.02. The van der Waals surface area contributed by atoms with Gasteiger partial charge in [-0.15, -0.1) is 0 Å². The first kappa shape index (κ1) is 29.4. The maximum absolute atomic E-state index is 12.0. The van der Waals surface area contributed by atoms with Gasteiger partial charge in [-0.2, -0.15) is 0 Å². The van der Waals surface area contributed by atoms with Crippen molar-refractivity contribution in [1.82, 2.24) is 10.6 Å². The average Bonchev–Trinajstić information content (AvgIpc) is 2.70. The van der Waals surface area contributed by atoms with E-state index < -0.39 is 66.3 Å². The van der Waals surface area contributed by atoms with Gasteiger partial charge in [-0.3, -0.25) is 19.2 Å². The zero-order chi connectivity index (χ0) is 24.8. The molecule has 14 nitrogen and oxygen atoms in total. The van der Waals surface area contributed by atoms with Gasteiger partial charge in [-0.1, -0.05) is 21.6 Å². The number of hydrogen-bond acceptors (Lipinski definition) is 10. The second-order valence-electron chi connectivity index (χ2n) is 6.45. The lowest BCUT2D eigenvalue weighted by molar-refractivity contribution is -0.143. The number of aliphatic carboxylic acids is 4. The van der Waals surface area contributed by atoms with E-state index in [1.807, 2.05) is 0 Å². The lowest BCUT2D eigenvalue weighted by Crippen LogP contribution is -2.45. The molecule has 0 heterocycles. The molecule has 0 aromatic carbocycles. The third-order valence-electron chi connectivity index (χ3n) is 3.81. The van der Waals surface area contributed by atoms with Crippen LogP contribution in [0.1, 0.15) is 25.7 Å². The first-order valence-corrected chi connectivity index (χ1v) is 11.6. The van der Waals surface area contributed by atoms with E-state index in [1.165, 1.54) is 0 Å². The van der Waals surface area contributed by atoms with Crippen LogP contribution in [0.2, 0.25) is 0 Å². The van der Waals surface area contributed by atoms with E-state index in [4.69, 9.17) is 21.7 Å². The van der Waals surface area contributed by atoms with Crippen molar-refractivity contribution in [2.24, 2.45) is 11.5 Å². The summed E-state index contributed by atoms with van der Waals surface area (Å²) in [6.45, 7) is 0. The molecule has 1 unspecified atom stereocenters. The largest absolute Gasteiger partial charge is 0.480 e. The number of carboxylic acids is 4. The molecule has 16 heteroatoms. The van der Waals surface area contributed by atoms with Crippen molar-refractivity contribution in [3.8, 4) is 0 Å². The van der Waals surface area contributed by atoms with Crippen LogP contribution in [0.25, 0.3) is 0 Å². The van der Waals surface area contributed by atoms with Gasteiger partial charge in [0.05, 0.1) is 0 Å². The Hall–Kier alpha value is -2.56. The normalized spacial score (nSPS) is 14.4. The van der Waals surface area contributed by atoms with Crippen LogP contribution >= 0.6 is 21.6 Å². The minimum atomic E-state index is -1.44. The van der Waals surface area contributed by atoms with Crippen LogP contribution in [0.5, 0.6) is 0 Å². The third kappa shape index (κ3) is 13.0. The van der Waals surface area contributed by atoms with Crippen LogP contribution < -0.4 is 22.1 Å². The van der Waals surface area contributed by atoms with Gasteiger partial charge in [-0.25, -0.2) is 9.59 Å². The quantitative estimate of drug-likeness (QED) is 0.0788. The summed E-state index contributed by atoms with van der Waals surface area (Å²) in [4.78, 5) is 67.6. The number of carbonyl (C=O) groups excluding carboxylic acids is 2. The molecule has 0 aliphatic carbocycles. The first-order chi connectivity index (χ1) is 14.8. The Bertz CT molecular complexity index is 708. The van der Waals surface area contributed by atoms with E-state index in [-0.39, 0.29) is 30.8 Å². The zero-order valence-electron chi connectivity index (χ0n) is 16.8. The molecule has 0 saturated heterocycles. The van der Waals surface area contributed by atoms with Crippen molar-refractivity contribution in [3.63, 3.8) is 0 Å². The number of carbonyl (C=O) groups is 6. The molecule has 0 fully saturated rings. The van der Waals surface area contributed by atoms with Gasteiger partial charge < -0.3 is 42.5 Å². The summed E-state index contributed by atoms with van der Waals surface area (Å²) in [6, 6.07) is -5.15. The molecule has 2 amide bonds. The fourth-order valence-corrected chi connectivity index (χ4v) is 4.23. The van der Waals surface area contributed by atoms with Crippen LogP contribution in [0, 0.1) is 0 Å². The lowest BCUT2D eigenvalue weighted by atomic mass is 10.1. The molecule has 0 aromatic heterocycles. The fraction of sp³-hybridized carbons (Fsp3) is 0.625. The van der Waals surface area contributed by atoms with Crippen molar-refractivity contribution in [3.05, 3.63) is 0 Å². The Morgan fingerprint density at radius 3 is 1.53 bits per heavy atom. The number of nitrogens with one attached hydrogen (secondary N) is 2. The first-order valence-electron chi connectivity index (χ1n) is 9.10. The Morgan fingerprint density at radius 2 is 1.06 bits per heavy atom. The highest BCUT2D eigenvalue weighted by Crippen LogP contribution is 2.22. The summed E-state index contributed by atoms with van der Waals surface area (Å²) < 4.78 is 0. The van der Waals surface area contributed by atoms with Crippen LogP contribution in [-0.4, -0.2) is 91.8 Å². The van der Waals surface area contributed by atoms with Gasteiger partial charge in [0.25, 0.3) is 0 Å². The smallest absolute Gasteiger partial charge is 0.327 e. The summed E-state index contributed by atoms with van der Waals surface area (Å²) in [6.07, 6.45) is -1.27. The number of amides is 2. The Morgan fingerprint density at radius 1 is 0.625 bits per heavy atom. The molecule has 0 spiro atoms. The molecule has 0 aromatic rings. The molecule has 0 aliphatic rings. The molecule has 182 valence electrons. The number of hydrogen-bond donors (Lipinski definition) is 8. The Labute approximate surface area is 190 Å². The maximum atomic E-state index is 12.0. The van der Waals surface area contributed by atoms with Crippen molar-refractivity contribution in [1.29, 1.82) is 0 Å². The van der Waals surface area contributed by atoms with Crippen LogP contribution in [0.15, 0.2) is 0 Å². The summed E-state index contributed by atoms with van der Waals surface area (Å²) >= 11 is 0. The van der Waals surface area contributed by atoms with Gasteiger partial charge in [0.2, 0.25) is 11.8 Å². The molecule has 0 bridgehead atoms. The molecule has 0 rings (SSSR count). The summed E-state index contributed by atoms with van der Waals surface area (Å²) in [5.74, 6) is -6.87. The lowest BCUT2D eigenvalue weighted by Gasteiger charge is -2.17. The van der Waals surface area contributed by atoms with E-state index >= 15 is 0 Å². The predicted octanol–water partition coefficient (Wildman–Crippen LogP) is -2.11. The van der Waals surface area contributed by atoms with Crippen LogP contribution in [0.3, 0.4) is 0 Å². The predicted molar refractivity (Wildman–Crippen MR) is 114 cm³/mol. The molecular weight excluding hydrogens is 472 g/mol. The van der Waals surface area contributed by atoms with Gasteiger partial charge in [0.15, 0.2) is 0 Å². The second-order valence-corrected chi connectivity index (χ2v) is 9.00. The number of carboxylic acid groups (broad SMARTS) is 4. The maximum Gasteiger partial charge on any atom is 0.327 e.